The van der Waals surface area contributed by atoms with E-state index in [0.29, 0.717) is 17.2 Å². The standard InChI is InChI=1S/C21H21AsO6/c1-4-10-19(11-5-1)23-16-26-22(27-17-24-20-12-6-2-7-13-20)28-18-25-21-14-8-3-9-15-21/h1-15H,16-18H2. The number of benzene rings is 3. The summed E-state index contributed by atoms with van der Waals surface area (Å²) >= 11 is -2.61. The van der Waals surface area contributed by atoms with E-state index in [-0.39, 0.29) is 20.4 Å². The Balaban J connectivity index is 1.44. The Morgan fingerprint density at radius 1 is 0.429 bits per heavy atom. The minimum absolute atomic E-state index is 0.0146. The van der Waals surface area contributed by atoms with Crippen molar-refractivity contribution in [2.45, 2.75) is 0 Å². The molecule has 6 nitrogen and oxygen atoms in total. The SMILES string of the molecule is c1ccc(OCO[As](OCOc2ccccc2)OCOc2ccccc2)cc1. The minimum atomic E-state index is -2.61. The summed E-state index contributed by atoms with van der Waals surface area (Å²) < 4.78 is 33.5. The molecule has 0 aliphatic carbocycles. The van der Waals surface area contributed by atoms with Gasteiger partial charge in [0.2, 0.25) is 0 Å². The zero-order valence-electron chi connectivity index (χ0n) is 15.2. The average Bonchev–Trinajstić information content (AvgIpc) is 2.76. The summed E-state index contributed by atoms with van der Waals surface area (Å²) in [7, 11) is 0. The third kappa shape index (κ3) is 7.62. The maximum absolute atomic E-state index is 5.64. The molecule has 3 aromatic carbocycles. The molecule has 0 atom stereocenters. The van der Waals surface area contributed by atoms with Gasteiger partial charge in [0.15, 0.2) is 0 Å². The van der Waals surface area contributed by atoms with Crippen LogP contribution in [-0.4, -0.2) is 36.1 Å². The summed E-state index contributed by atoms with van der Waals surface area (Å²) in [5, 5.41) is 0. The molecule has 0 N–H and O–H groups in total. The molecule has 0 saturated heterocycles. The first-order valence-electron chi connectivity index (χ1n) is 8.62. The Bertz CT molecular complexity index is 665. The molecule has 7 heteroatoms. The van der Waals surface area contributed by atoms with Crippen LogP contribution in [0.2, 0.25) is 0 Å². The molecule has 0 amide bonds. The summed E-state index contributed by atoms with van der Waals surface area (Å²) in [5.74, 6) is 2.12. The molecule has 0 bridgehead atoms. The van der Waals surface area contributed by atoms with Gasteiger partial charge in [-0.1, -0.05) is 0 Å². The molecule has 0 fully saturated rings. The van der Waals surface area contributed by atoms with Crippen LogP contribution >= 0.6 is 0 Å². The first-order chi connectivity index (χ1) is 13.9. The third-order valence-electron chi connectivity index (χ3n) is 3.38. The Hall–Kier alpha value is -2.50. The number of rotatable bonds is 12. The van der Waals surface area contributed by atoms with Crippen LogP contribution in [-0.2, 0) is 11.2 Å². The third-order valence-corrected chi connectivity index (χ3v) is 5.37. The van der Waals surface area contributed by atoms with E-state index >= 15 is 0 Å². The van der Waals surface area contributed by atoms with Crippen LogP contribution < -0.4 is 14.2 Å². The Morgan fingerprint density at radius 2 is 0.714 bits per heavy atom. The van der Waals surface area contributed by atoms with Gasteiger partial charge in [-0.3, -0.25) is 0 Å². The molecule has 3 aromatic rings. The second-order valence-corrected chi connectivity index (χ2v) is 7.90. The van der Waals surface area contributed by atoms with Crippen molar-refractivity contribution in [3.8, 4) is 17.2 Å². The molecule has 3 rings (SSSR count). The molecule has 28 heavy (non-hydrogen) atoms. The number of hydrogen-bond acceptors (Lipinski definition) is 6. The van der Waals surface area contributed by atoms with E-state index in [2.05, 4.69) is 0 Å². The van der Waals surface area contributed by atoms with Crippen molar-refractivity contribution in [3.05, 3.63) is 91.0 Å². The molecule has 0 heterocycles. The van der Waals surface area contributed by atoms with Crippen molar-refractivity contribution in [2.24, 2.45) is 0 Å². The van der Waals surface area contributed by atoms with Crippen molar-refractivity contribution < 1.29 is 25.4 Å². The van der Waals surface area contributed by atoms with Gasteiger partial charge in [0.1, 0.15) is 0 Å². The van der Waals surface area contributed by atoms with Crippen LogP contribution in [0.3, 0.4) is 0 Å². The van der Waals surface area contributed by atoms with Gasteiger partial charge in [0, 0.05) is 0 Å². The second-order valence-electron chi connectivity index (χ2n) is 5.34. The van der Waals surface area contributed by atoms with Gasteiger partial charge >= 0.3 is 170 Å². The van der Waals surface area contributed by atoms with Crippen LogP contribution in [0, 0.1) is 0 Å². The van der Waals surface area contributed by atoms with Gasteiger partial charge < -0.3 is 0 Å². The van der Waals surface area contributed by atoms with Gasteiger partial charge in [-0.15, -0.1) is 0 Å². The van der Waals surface area contributed by atoms with Crippen LogP contribution in [0.15, 0.2) is 91.0 Å². The Morgan fingerprint density at radius 3 is 1.00 bits per heavy atom. The van der Waals surface area contributed by atoms with Crippen molar-refractivity contribution in [2.75, 3.05) is 20.4 Å². The zero-order chi connectivity index (χ0) is 19.3. The van der Waals surface area contributed by atoms with E-state index in [1.807, 2.05) is 91.0 Å². The average molecular weight is 444 g/mol. The molecule has 0 aromatic heterocycles. The fourth-order valence-corrected chi connectivity index (χ4v) is 3.42. The predicted octanol–water partition coefficient (Wildman–Crippen LogP) is 4.13. The fourth-order valence-electron chi connectivity index (χ4n) is 2.07. The van der Waals surface area contributed by atoms with Gasteiger partial charge in [-0.25, -0.2) is 0 Å². The van der Waals surface area contributed by atoms with Gasteiger partial charge in [-0.05, 0) is 0 Å². The summed E-state index contributed by atoms with van der Waals surface area (Å²) in [6.07, 6.45) is 0. The summed E-state index contributed by atoms with van der Waals surface area (Å²) in [5.41, 5.74) is 0. The monoisotopic (exact) mass is 444 g/mol. The van der Waals surface area contributed by atoms with Gasteiger partial charge in [-0.2, -0.15) is 0 Å². The molecule has 0 unspecified atom stereocenters. The van der Waals surface area contributed by atoms with Crippen LogP contribution in [0.1, 0.15) is 0 Å². The van der Waals surface area contributed by atoms with Crippen LogP contribution in [0.5, 0.6) is 17.2 Å². The summed E-state index contributed by atoms with van der Waals surface area (Å²) in [6, 6.07) is 28.2. The predicted molar refractivity (Wildman–Crippen MR) is 105 cm³/mol. The van der Waals surface area contributed by atoms with Crippen molar-refractivity contribution in [3.63, 3.8) is 0 Å². The first kappa shape index (κ1) is 20.2. The molecule has 0 saturated carbocycles. The van der Waals surface area contributed by atoms with E-state index in [1.165, 1.54) is 0 Å². The van der Waals surface area contributed by atoms with Gasteiger partial charge in [0.05, 0.1) is 0 Å². The Kier molecular flexibility index (Phi) is 8.71. The topological polar surface area (TPSA) is 55.4 Å². The number of ether oxygens (including phenoxy) is 3. The normalized spacial score (nSPS) is 10.6. The fraction of sp³-hybridized carbons (Fsp3) is 0.143. The number of hydrogen-bond donors (Lipinski definition) is 0. The Labute approximate surface area is 169 Å². The number of para-hydroxylation sites is 3. The quantitative estimate of drug-likeness (QED) is 0.309. The van der Waals surface area contributed by atoms with Crippen molar-refractivity contribution in [1.29, 1.82) is 0 Å². The van der Waals surface area contributed by atoms with E-state index in [0.717, 1.165) is 0 Å². The summed E-state index contributed by atoms with van der Waals surface area (Å²) in [4.78, 5) is 0. The second kappa shape index (κ2) is 12.1. The molecule has 0 aliphatic rings. The van der Waals surface area contributed by atoms with Crippen LogP contribution in [0.4, 0.5) is 0 Å². The first-order valence-corrected chi connectivity index (χ1v) is 10.9. The van der Waals surface area contributed by atoms with E-state index in [9.17, 15) is 0 Å². The van der Waals surface area contributed by atoms with E-state index in [1.54, 1.807) is 0 Å². The molecular weight excluding hydrogens is 423 g/mol. The molecule has 146 valence electrons. The van der Waals surface area contributed by atoms with Crippen molar-refractivity contribution in [1.82, 2.24) is 0 Å². The molecule has 0 radical (unpaired) electrons. The maximum atomic E-state index is 5.64. The molecular formula is C21H21AsO6. The van der Waals surface area contributed by atoms with Crippen LogP contribution in [0.25, 0.3) is 0 Å². The molecule has 0 aliphatic heterocycles. The summed E-state index contributed by atoms with van der Waals surface area (Å²) in [6.45, 7) is 0.0437. The molecule has 0 spiro atoms. The van der Waals surface area contributed by atoms with Gasteiger partial charge in [0.25, 0.3) is 0 Å². The van der Waals surface area contributed by atoms with Crippen molar-refractivity contribution >= 4 is 15.7 Å². The zero-order valence-corrected chi connectivity index (χ0v) is 17.1. The van der Waals surface area contributed by atoms with E-state index in [4.69, 9.17) is 25.4 Å². The van der Waals surface area contributed by atoms with E-state index < -0.39 is 15.7 Å².